The first kappa shape index (κ1) is 16.7. The van der Waals surface area contributed by atoms with Crippen LogP contribution >= 0.6 is 0 Å². The molecule has 5 heteroatoms. The highest BCUT2D eigenvalue weighted by atomic mass is 16.5. The highest BCUT2D eigenvalue weighted by Crippen LogP contribution is 2.12. The average molecular weight is 328 g/mol. The predicted molar refractivity (Wildman–Crippen MR) is 91.3 cm³/mol. The smallest absolute Gasteiger partial charge is 0.237 e. The van der Waals surface area contributed by atoms with E-state index in [1.807, 2.05) is 54.3 Å². The molecule has 0 spiro atoms. The highest BCUT2D eigenvalue weighted by Gasteiger charge is 2.22. The summed E-state index contributed by atoms with van der Waals surface area (Å²) in [5, 5.41) is 0. The van der Waals surface area contributed by atoms with Gasteiger partial charge < -0.3 is 14.1 Å². The van der Waals surface area contributed by atoms with Crippen LogP contribution in [-0.4, -0.2) is 48.1 Å². The van der Waals surface area contributed by atoms with Crippen molar-refractivity contribution >= 4 is 5.91 Å². The lowest BCUT2D eigenvalue weighted by Gasteiger charge is -2.32. The molecule has 1 atom stereocenters. The zero-order chi connectivity index (χ0) is 16.8. The Labute approximate surface area is 142 Å². The molecule has 3 rings (SSSR count). The number of nitrogens with zero attached hydrogens (tertiary/aromatic N) is 2. The summed E-state index contributed by atoms with van der Waals surface area (Å²) in [6, 6.07) is 13.8. The summed E-state index contributed by atoms with van der Waals surface area (Å²) in [4.78, 5) is 16.9. The minimum Gasteiger partial charge on any atom is -0.467 e. The molecule has 1 aliphatic rings. The molecule has 0 N–H and O–H groups in total. The van der Waals surface area contributed by atoms with E-state index < -0.39 is 0 Å². The number of carbonyl (C=O) groups is 1. The van der Waals surface area contributed by atoms with Crippen LogP contribution in [0.1, 0.15) is 18.2 Å². The van der Waals surface area contributed by atoms with Gasteiger partial charge in [-0.1, -0.05) is 30.3 Å². The SMILES string of the molecule is CC1CN(CC(=O)N(Cc2ccccc2)Cc2ccco2)CCO1. The molecule has 1 aromatic carbocycles. The Bertz CT molecular complexity index is 627. The molecular formula is C19H24N2O3. The second kappa shape index (κ2) is 8.13. The first-order valence-electron chi connectivity index (χ1n) is 8.39. The second-order valence-electron chi connectivity index (χ2n) is 6.23. The minimum atomic E-state index is 0.115. The summed E-state index contributed by atoms with van der Waals surface area (Å²) in [5.74, 6) is 0.916. The van der Waals surface area contributed by atoms with Gasteiger partial charge in [0.25, 0.3) is 0 Å². The van der Waals surface area contributed by atoms with Crippen molar-refractivity contribution < 1.29 is 13.9 Å². The third-order valence-corrected chi connectivity index (χ3v) is 4.18. The van der Waals surface area contributed by atoms with Crippen molar-refractivity contribution in [2.45, 2.75) is 26.1 Å². The Morgan fingerprint density at radius 2 is 2.04 bits per heavy atom. The van der Waals surface area contributed by atoms with Crippen LogP contribution < -0.4 is 0 Å². The molecule has 0 bridgehead atoms. The van der Waals surface area contributed by atoms with E-state index in [0.29, 0.717) is 26.2 Å². The van der Waals surface area contributed by atoms with Gasteiger partial charge in [0.15, 0.2) is 0 Å². The normalized spacial score (nSPS) is 18.5. The van der Waals surface area contributed by atoms with Crippen molar-refractivity contribution in [2.75, 3.05) is 26.2 Å². The highest BCUT2D eigenvalue weighted by molar-refractivity contribution is 5.78. The monoisotopic (exact) mass is 328 g/mol. The molecule has 0 saturated carbocycles. The van der Waals surface area contributed by atoms with Gasteiger partial charge in [0, 0.05) is 19.6 Å². The molecular weight excluding hydrogens is 304 g/mol. The zero-order valence-corrected chi connectivity index (χ0v) is 14.1. The lowest BCUT2D eigenvalue weighted by atomic mass is 10.2. The number of carbonyl (C=O) groups excluding carboxylic acids is 1. The maximum Gasteiger partial charge on any atom is 0.237 e. The molecule has 5 nitrogen and oxygen atoms in total. The molecule has 1 amide bonds. The van der Waals surface area contributed by atoms with Crippen LogP contribution in [0.2, 0.25) is 0 Å². The van der Waals surface area contributed by atoms with Gasteiger partial charge in [-0.15, -0.1) is 0 Å². The summed E-state index contributed by atoms with van der Waals surface area (Å²) in [7, 11) is 0. The lowest BCUT2D eigenvalue weighted by molar-refractivity contribution is -0.135. The van der Waals surface area contributed by atoms with Crippen molar-refractivity contribution in [1.29, 1.82) is 0 Å². The predicted octanol–water partition coefficient (Wildman–Crippen LogP) is 2.53. The summed E-state index contributed by atoms with van der Waals surface area (Å²) in [6.45, 7) is 5.82. The Hall–Kier alpha value is -2.11. The fourth-order valence-electron chi connectivity index (χ4n) is 2.95. The van der Waals surface area contributed by atoms with E-state index in [-0.39, 0.29) is 12.0 Å². The van der Waals surface area contributed by atoms with Gasteiger partial charge in [0.05, 0.1) is 32.1 Å². The fraction of sp³-hybridized carbons (Fsp3) is 0.421. The topological polar surface area (TPSA) is 45.9 Å². The van der Waals surface area contributed by atoms with E-state index in [1.54, 1.807) is 6.26 Å². The molecule has 0 aliphatic carbocycles. The Morgan fingerprint density at radius 1 is 1.21 bits per heavy atom. The number of rotatable bonds is 6. The summed E-state index contributed by atoms with van der Waals surface area (Å²) < 4.78 is 11.0. The van der Waals surface area contributed by atoms with Crippen LogP contribution in [0.5, 0.6) is 0 Å². The number of amides is 1. The standard InChI is InChI=1S/C19H24N2O3/c1-16-12-20(9-11-23-16)15-19(22)21(14-18-8-5-10-24-18)13-17-6-3-2-4-7-17/h2-8,10,16H,9,11-15H2,1H3. The maximum absolute atomic E-state index is 12.9. The van der Waals surface area contributed by atoms with Crippen LogP contribution in [0.15, 0.2) is 53.1 Å². The quantitative estimate of drug-likeness (QED) is 0.817. The lowest BCUT2D eigenvalue weighted by Crippen LogP contribution is -2.46. The molecule has 1 saturated heterocycles. The van der Waals surface area contributed by atoms with E-state index >= 15 is 0 Å². The zero-order valence-electron chi connectivity index (χ0n) is 14.1. The number of furan rings is 1. The van der Waals surface area contributed by atoms with E-state index in [0.717, 1.165) is 24.4 Å². The Morgan fingerprint density at radius 3 is 2.75 bits per heavy atom. The van der Waals surface area contributed by atoms with Crippen molar-refractivity contribution in [3.63, 3.8) is 0 Å². The fourth-order valence-corrected chi connectivity index (χ4v) is 2.95. The summed E-state index contributed by atoms with van der Waals surface area (Å²) in [6.07, 6.45) is 1.82. The van der Waals surface area contributed by atoms with Gasteiger partial charge in [-0.25, -0.2) is 0 Å². The van der Waals surface area contributed by atoms with Gasteiger partial charge in [-0.3, -0.25) is 9.69 Å². The first-order chi connectivity index (χ1) is 11.7. The number of hydrogen-bond acceptors (Lipinski definition) is 4. The van der Waals surface area contributed by atoms with Crippen molar-refractivity contribution in [3.8, 4) is 0 Å². The number of hydrogen-bond donors (Lipinski definition) is 0. The molecule has 0 radical (unpaired) electrons. The van der Waals surface area contributed by atoms with Crippen LogP contribution in [0.3, 0.4) is 0 Å². The molecule has 24 heavy (non-hydrogen) atoms. The Kier molecular flexibility index (Phi) is 5.67. The maximum atomic E-state index is 12.9. The van der Waals surface area contributed by atoms with Gasteiger partial charge in [-0.2, -0.15) is 0 Å². The number of morpholine rings is 1. The van der Waals surface area contributed by atoms with Crippen LogP contribution in [0, 0.1) is 0 Å². The Balaban J connectivity index is 1.67. The van der Waals surface area contributed by atoms with Crippen LogP contribution in [0.25, 0.3) is 0 Å². The minimum absolute atomic E-state index is 0.115. The molecule has 1 fully saturated rings. The summed E-state index contributed by atoms with van der Waals surface area (Å²) >= 11 is 0. The van der Waals surface area contributed by atoms with E-state index in [9.17, 15) is 4.79 Å². The molecule has 1 unspecified atom stereocenters. The second-order valence-corrected chi connectivity index (χ2v) is 6.23. The van der Waals surface area contributed by atoms with E-state index in [2.05, 4.69) is 4.90 Å². The molecule has 128 valence electrons. The molecule has 1 aromatic heterocycles. The number of benzene rings is 1. The molecule has 2 heterocycles. The largest absolute Gasteiger partial charge is 0.467 e. The van der Waals surface area contributed by atoms with Crippen LogP contribution in [-0.2, 0) is 22.6 Å². The van der Waals surface area contributed by atoms with Crippen LogP contribution in [0.4, 0.5) is 0 Å². The first-order valence-corrected chi connectivity index (χ1v) is 8.39. The summed E-state index contributed by atoms with van der Waals surface area (Å²) in [5.41, 5.74) is 1.12. The molecule has 2 aromatic rings. The number of ether oxygens (including phenoxy) is 1. The van der Waals surface area contributed by atoms with Crippen molar-refractivity contribution in [2.24, 2.45) is 0 Å². The van der Waals surface area contributed by atoms with Gasteiger partial charge in [0.1, 0.15) is 5.76 Å². The van der Waals surface area contributed by atoms with Crippen molar-refractivity contribution in [3.05, 3.63) is 60.1 Å². The van der Waals surface area contributed by atoms with E-state index in [4.69, 9.17) is 9.15 Å². The van der Waals surface area contributed by atoms with Gasteiger partial charge in [-0.05, 0) is 24.6 Å². The molecule has 1 aliphatic heterocycles. The van der Waals surface area contributed by atoms with Gasteiger partial charge >= 0.3 is 0 Å². The van der Waals surface area contributed by atoms with E-state index in [1.165, 1.54) is 0 Å². The van der Waals surface area contributed by atoms with Gasteiger partial charge in [0.2, 0.25) is 5.91 Å². The third-order valence-electron chi connectivity index (χ3n) is 4.18. The van der Waals surface area contributed by atoms with Crippen molar-refractivity contribution in [1.82, 2.24) is 9.80 Å². The third kappa shape index (κ3) is 4.69. The average Bonchev–Trinajstić information content (AvgIpc) is 3.08.